The van der Waals surface area contributed by atoms with Gasteiger partial charge in [0, 0.05) is 38.1 Å². The number of aliphatic imine (C=N–C) groups is 1. The molecule has 146 valence electrons. The lowest BCUT2D eigenvalue weighted by Crippen LogP contribution is -2.41. The Morgan fingerprint density at radius 3 is 2.73 bits per heavy atom. The standard InChI is InChI=1S/C19H30FN3O2S/c1-5-21-18(22-14-19(26-4)8-10-25-11-9-19)23(2)13-15-6-7-17(24-3)16(20)12-15/h6-7,12H,5,8-11,13-14H2,1-4H3,(H,21,22). The van der Waals surface area contributed by atoms with Crippen LogP contribution in [0.1, 0.15) is 25.3 Å². The Bertz CT molecular complexity index is 606. The zero-order valence-electron chi connectivity index (χ0n) is 16.2. The van der Waals surface area contributed by atoms with Crippen LogP contribution >= 0.6 is 11.8 Å². The van der Waals surface area contributed by atoms with Crippen molar-refractivity contribution in [3.05, 3.63) is 29.6 Å². The van der Waals surface area contributed by atoms with E-state index in [0.717, 1.165) is 50.7 Å². The number of hydrogen-bond acceptors (Lipinski definition) is 4. The fraction of sp³-hybridized carbons (Fsp3) is 0.632. The molecule has 1 heterocycles. The van der Waals surface area contributed by atoms with E-state index in [4.69, 9.17) is 14.5 Å². The van der Waals surface area contributed by atoms with Crippen LogP contribution in [0.5, 0.6) is 5.75 Å². The van der Waals surface area contributed by atoms with Gasteiger partial charge in [0.1, 0.15) is 0 Å². The van der Waals surface area contributed by atoms with Crippen molar-refractivity contribution in [1.29, 1.82) is 0 Å². The lowest BCUT2D eigenvalue weighted by atomic mass is 9.99. The predicted molar refractivity (Wildman–Crippen MR) is 107 cm³/mol. The zero-order valence-corrected chi connectivity index (χ0v) is 17.0. The molecule has 1 aromatic carbocycles. The molecule has 5 nitrogen and oxygen atoms in total. The van der Waals surface area contributed by atoms with Crippen molar-refractivity contribution in [3.8, 4) is 5.75 Å². The number of thioether (sulfide) groups is 1. The molecule has 1 aliphatic rings. The molecular weight excluding hydrogens is 353 g/mol. The van der Waals surface area contributed by atoms with Crippen LogP contribution in [0.15, 0.2) is 23.2 Å². The molecule has 0 amide bonds. The van der Waals surface area contributed by atoms with E-state index in [1.54, 1.807) is 6.07 Å². The molecule has 0 saturated carbocycles. The van der Waals surface area contributed by atoms with Gasteiger partial charge in [-0.25, -0.2) is 4.39 Å². The molecule has 0 radical (unpaired) electrons. The van der Waals surface area contributed by atoms with Crippen molar-refractivity contribution in [2.45, 2.75) is 31.1 Å². The maximum Gasteiger partial charge on any atom is 0.194 e. The molecule has 2 rings (SSSR count). The summed E-state index contributed by atoms with van der Waals surface area (Å²) < 4.78 is 24.6. The minimum Gasteiger partial charge on any atom is -0.494 e. The van der Waals surface area contributed by atoms with Crippen molar-refractivity contribution in [3.63, 3.8) is 0 Å². The van der Waals surface area contributed by atoms with Crippen molar-refractivity contribution in [2.75, 3.05) is 46.7 Å². The fourth-order valence-electron chi connectivity index (χ4n) is 3.02. The molecule has 0 aliphatic carbocycles. The molecule has 0 spiro atoms. The van der Waals surface area contributed by atoms with Gasteiger partial charge in [-0.05, 0) is 43.7 Å². The van der Waals surface area contributed by atoms with Crippen LogP contribution < -0.4 is 10.1 Å². The number of methoxy groups -OCH3 is 1. The fourth-order valence-corrected chi connectivity index (χ4v) is 3.78. The number of nitrogens with zero attached hydrogens (tertiary/aromatic N) is 2. The summed E-state index contributed by atoms with van der Waals surface area (Å²) in [5.74, 6) is 0.755. The lowest BCUT2D eigenvalue weighted by Gasteiger charge is -2.34. The van der Waals surface area contributed by atoms with Gasteiger partial charge in [0.05, 0.1) is 13.7 Å². The molecule has 1 fully saturated rings. The largest absolute Gasteiger partial charge is 0.494 e. The van der Waals surface area contributed by atoms with Crippen LogP contribution in [-0.2, 0) is 11.3 Å². The molecular formula is C19H30FN3O2S. The van der Waals surface area contributed by atoms with E-state index in [9.17, 15) is 4.39 Å². The molecule has 7 heteroatoms. The molecule has 0 unspecified atom stereocenters. The highest BCUT2D eigenvalue weighted by Crippen LogP contribution is 2.34. The van der Waals surface area contributed by atoms with Gasteiger partial charge in [0.2, 0.25) is 0 Å². The van der Waals surface area contributed by atoms with Crippen LogP contribution in [0.25, 0.3) is 0 Å². The average Bonchev–Trinajstić information content (AvgIpc) is 2.66. The van der Waals surface area contributed by atoms with Gasteiger partial charge >= 0.3 is 0 Å². The van der Waals surface area contributed by atoms with Crippen LogP contribution in [0.2, 0.25) is 0 Å². The number of benzene rings is 1. The van der Waals surface area contributed by atoms with Crippen molar-refractivity contribution in [1.82, 2.24) is 10.2 Å². The summed E-state index contributed by atoms with van der Waals surface area (Å²) in [5, 5.41) is 3.34. The highest BCUT2D eigenvalue weighted by molar-refractivity contribution is 8.00. The van der Waals surface area contributed by atoms with Crippen molar-refractivity contribution in [2.24, 2.45) is 4.99 Å². The van der Waals surface area contributed by atoms with Gasteiger partial charge < -0.3 is 19.7 Å². The van der Waals surface area contributed by atoms with E-state index in [-0.39, 0.29) is 16.3 Å². The average molecular weight is 384 g/mol. The molecule has 0 aromatic heterocycles. The highest BCUT2D eigenvalue weighted by atomic mass is 32.2. The first-order valence-corrected chi connectivity index (χ1v) is 10.2. The molecule has 1 aliphatic heterocycles. The highest BCUT2D eigenvalue weighted by Gasteiger charge is 2.31. The van der Waals surface area contributed by atoms with Crippen LogP contribution in [0, 0.1) is 5.82 Å². The van der Waals surface area contributed by atoms with Crippen molar-refractivity contribution < 1.29 is 13.9 Å². The summed E-state index contributed by atoms with van der Waals surface area (Å²) in [7, 11) is 3.44. The third kappa shape index (κ3) is 5.51. The monoisotopic (exact) mass is 383 g/mol. The Hall–Kier alpha value is -1.47. The normalized spacial score (nSPS) is 17.0. The van der Waals surface area contributed by atoms with Crippen LogP contribution in [0.4, 0.5) is 4.39 Å². The number of hydrogen-bond donors (Lipinski definition) is 1. The number of rotatable bonds is 7. The lowest BCUT2D eigenvalue weighted by molar-refractivity contribution is 0.0793. The van der Waals surface area contributed by atoms with Gasteiger partial charge in [-0.2, -0.15) is 11.8 Å². The SMILES string of the molecule is CCNC(=NCC1(SC)CCOCC1)N(C)Cc1ccc(OC)c(F)c1. The van der Waals surface area contributed by atoms with E-state index in [2.05, 4.69) is 18.5 Å². The number of halogens is 1. The minimum absolute atomic E-state index is 0.145. The molecule has 1 aromatic rings. The third-order valence-electron chi connectivity index (χ3n) is 4.69. The Morgan fingerprint density at radius 2 is 2.15 bits per heavy atom. The van der Waals surface area contributed by atoms with E-state index >= 15 is 0 Å². The summed E-state index contributed by atoms with van der Waals surface area (Å²) >= 11 is 1.88. The maximum absolute atomic E-state index is 13.9. The maximum atomic E-state index is 13.9. The number of nitrogens with one attached hydrogen (secondary N) is 1. The predicted octanol–water partition coefficient (Wildman–Crippen LogP) is 3.14. The summed E-state index contributed by atoms with van der Waals surface area (Å²) in [4.78, 5) is 6.89. The zero-order chi connectivity index (χ0) is 19.0. The Kier molecular flexibility index (Phi) is 8.03. The van der Waals surface area contributed by atoms with E-state index in [1.165, 1.54) is 13.2 Å². The number of guanidine groups is 1. The summed E-state index contributed by atoms with van der Waals surface area (Å²) in [5.41, 5.74) is 0.877. The van der Waals surface area contributed by atoms with Gasteiger partial charge in [0.25, 0.3) is 0 Å². The first kappa shape index (κ1) is 20.8. The Labute approximate surface area is 160 Å². The van der Waals surface area contributed by atoms with E-state index in [1.807, 2.05) is 29.8 Å². The molecule has 0 atom stereocenters. The van der Waals surface area contributed by atoms with Gasteiger partial charge in [-0.3, -0.25) is 4.99 Å². The summed E-state index contributed by atoms with van der Waals surface area (Å²) in [6.07, 6.45) is 4.19. The first-order valence-electron chi connectivity index (χ1n) is 8.98. The van der Waals surface area contributed by atoms with Crippen LogP contribution in [0.3, 0.4) is 0 Å². The second kappa shape index (κ2) is 10.0. The Balaban J connectivity index is 2.08. The quantitative estimate of drug-likeness (QED) is 0.579. The first-order chi connectivity index (χ1) is 12.5. The molecule has 1 saturated heterocycles. The molecule has 1 N–H and O–H groups in total. The van der Waals surface area contributed by atoms with E-state index < -0.39 is 0 Å². The number of ether oxygens (including phenoxy) is 2. The van der Waals surface area contributed by atoms with Gasteiger partial charge in [-0.1, -0.05) is 6.07 Å². The second-order valence-electron chi connectivity index (χ2n) is 6.49. The smallest absolute Gasteiger partial charge is 0.194 e. The van der Waals surface area contributed by atoms with Gasteiger partial charge in [0.15, 0.2) is 17.5 Å². The second-order valence-corrected chi connectivity index (χ2v) is 7.77. The third-order valence-corrected chi connectivity index (χ3v) is 6.09. The summed E-state index contributed by atoms with van der Waals surface area (Å²) in [6, 6.07) is 5.05. The summed E-state index contributed by atoms with van der Waals surface area (Å²) in [6.45, 7) is 5.76. The Morgan fingerprint density at radius 1 is 1.42 bits per heavy atom. The molecule has 0 bridgehead atoms. The molecule has 26 heavy (non-hydrogen) atoms. The minimum atomic E-state index is -0.344. The van der Waals surface area contributed by atoms with Gasteiger partial charge in [-0.15, -0.1) is 0 Å². The van der Waals surface area contributed by atoms with E-state index in [0.29, 0.717) is 6.54 Å². The topological polar surface area (TPSA) is 46.1 Å². The van der Waals surface area contributed by atoms with Crippen LogP contribution in [-0.4, -0.2) is 62.3 Å². The van der Waals surface area contributed by atoms with Crippen molar-refractivity contribution >= 4 is 17.7 Å².